The largest absolute Gasteiger partial charge is 0.481 e. The first kappa shape index (κ1) is 24.1. The first-order valence-corrected chi connectivity index (χ1v) is 11.4. The summed E-state index contributed by atoms with van der Waals surface area (Å²) < 4.78 is 29.6. The predicted molar refractivity (Wildman–Crippen MR) is 115 cm³/mol. The molecule has 2 fully saturated rings. The molecular weight excluding hydrogens is 420 g/mol. The van der Waals surface area contributed by atoms with Crippen LogP contribution in [0.3, 0.4) is 0 Å². The second-order valence-corrected chi connectivity index (χ2v) is 8.68. The predicted octanol–water partition coefficient (Wildman–Crippen LogP) is 3.40. The summed E-state index contributed by atoms with van der Waals surface area (Å²) in [6, 6.07) is 1.77. The monoisotopic (exact) mass is 451 g/mol. The van der Waals surface area contributed by atoms with Crippen molar-refractivity contribution in [1.29, 1.82) is 0 Å². The van der Waals surface area contributed by atoms with Crippen LogP contribution < -0.4 is 10.6 Å². The van der Waals surface area contributed by atoms with E-state index in [0.717, 1.165) is 38.9 Å². The number of halogens is 2. The molecule has 3 N–H and O–H groups in total. The van der Waals surface area contributed by atoms with Crippen LogP contribution in [0.4, 0.5) is 14.5 Å². The van der Waals surface area contributed by atoms with Gasteiger partial charge >= 0.3 is 5.97 Å². The van der Waals surface area contributed by atoms with Gasteiger partial charge in [0.1, 0.15) is 17.7 Å². The van der Waals surface area contributed by atoms with Gasteiger partial charge in [-0.2, -0.15) is 0 Å². The SMILES string of the molecule is O=C(O)CCCCCCN1CCC(c2c(F)cc(NC3CCC(=O)NC3=O)cc2F)CC1. The molecule has 176 valence electrons. The van der Waals surface area contributed by atoms with Crippen molar-refractivity contribution in [2.45, 2.75) is 69.7 Å². The van der Waals surface area contributed by atoms with E-state index in [1.807, 2.05) is 0 Å². The fraction of sp³-hybridized carbons (Fsp3) is 0.609. The molecule has 0 radical (unpaired) electrons. The number of carboxylic acids is 1. The standard InChI is InChI=1S/C23H31F2N3O4/c24-17-13-16(26-19-6-7-20(29)27-23(19)32)14-18(25)22(17)15-8-11-28(12-9-15)10-4-2-1-3-5-21(30)31/h13-15,19,26H,1-12H2,(H,30,31)(H,27,29,32). The summed E-state index contributed by atoms with van der Waals surface area (Å²) in [5.41, 5.74) is 0.297. The van der Waals surface area contributed by atoms with Gasteiger partial charge in [-0.25, -0.2) is 8.78 Å². The molecule has 0 aliphatic carbocycles. The Labute approximate surface area is 186 Å². The van der Waals surface area contributed by atoms with E-state index in [2.05, 4.69) is 15.5 Å². The number of rotatable bonds is 10. The Hall–Kier alpha value is -2.55. The summed E-state index contributed by atoms with van der Waals surface area (Å²) in [6.07, 6.45) is 5.61. The Balaban J connectivity index is 1.47. The number of benzene rings is 1. The maximum atomic E-state index is 14.8. The zero-order valence-electron chi connectivity index (χ0n) is 18.2. The molecule has 0 bridgehead atoms. The normalized spacial score (nSPS) is 20.2. The molecule has 0 aromatic heterocycles. The number of unbranched alkanes of at least 4 members (excludes halogenated alkanes) is 3. The summed E-state index contributed by atoms with van der Waals surface area (Å²) in [5, 5.41) is 13.7. The lowest BCUT2D eigenvalue weighted by Gasteiger charge is -2.32. The first-order valence-electron chi connectivity index (χ1n) is 11.4. The van der Waals surface area contributed by atoms with Crippen molar-refractivity contribution in [2.24, 2.45) is 0 Å². The lowest BCUT2D eigenvalue weighted by atomic mass is 9.88. The number of hydrogen-bond donors (Lipinski definition) is 3. The van der Waals surface area contributed by atoms with Crippen molar-refractivity contribution in [3.63, 3.8) is 0 Å². The van der Waals surface area contributed by atoms with Crippen LogP contribution in [-0.4, -0.2) is 53.5 Å². The highest BCUT2D eigenvalue weighted by Crippen LogP contribution is 2.33. The zero-order valence-corrected chi connectivity index (χ0v) is 18.2. The number of amides is 2. The summed E-state index contributed by atoms with van der Waals surface area (Å²) in [6.45, 7) is 2.46. The van der Waals surface area contributed by atoms with E-state index in [-0.39, 0.29) is 42.3 Å². The Morgan fingerprint density at radius 1 is 1.06 bits per heavy atom. The molecule has 32 heavy (non-hydrogen) atoms. The molecule has 9 heteroatoms. The number of hydrogen-bond acceptors (Lipinski definition) is 5. The van der Waals surface area contributed by atoms with Gasteiger partial charge in [0.15, 0.2) is 0 Å². The third kappa shape index (κ3) is 6.72. The van der Waals surface area contributed by atoms with Gasteiger partial charge in [-0.3, -0.25) is 19.7 Å². The molecule has 2 saturated heterocycles. The van der Waals surface area contributed by atoms with Crippen molar-refractivity contribution >= 4 is 23.5 Å². The number of anilines is 1. The first-order chi connectivity index (χ1) is 15.3. The second-order valence-electron chi connectivity index (χ2n) is 8.68. The minimum atomic E-state index is -0.758. The fourth-order valence-electron chi connectivity index (χ4n) is 4.50. The van der Waals surface area contributed by atoms with Crippen LogP contribution in [0.15, 0.2) is 12.1 Å². The zero-order chi connectivity index (χ0) is 23.1. The number of aliphatic carboxylic acids is 1. The second kappa shape index (κ2) is 11.4. The quantitative estimate of drug-likeness (QED) is 0.373. The van der Waals surface area contributed by atoms with E-state index in [4.69, 9.17) is 5.11 Å². The molecule has 2 heterocycles. The van der Waals surface area contributed by atoms with E-state index < -0.39 is 29.6 Å². The molecule has 2 aliphatic rings. The van der Waals surface area contributed by atoms with Crippen molar-refractivity contribution in [2.75, 3.05) is 25.0 Å². The average molecular weight is 452 g/mol. The van der Waals surface area contributed by atoms with Gasteiger partial charge in [-0.05, 0) is 69.8 Å². The summed E-state index contributed by atoms with van der Waals surface area (Å²) in [4.78, 5) is 35.9. The lowest BCUT2D eigenvalue weighted by Crippen LogP contribution is -2.47. The van der Waals surface area contributed by atoms with E-state index in [1.165, 1.54) is 12.1 Å². The third-order valence-corrected chi connectivity index (χ3v) is 6.27. The van der Waals surface area contributed by atoms with Gasteiger partial charge in [-0.1, -0.05) is 12.8 Å². The van der Waals surface area contributed by atoms with Crippen molar-refractivity contribution in [1.82, 2.24) is 10.2 Å². The van der Waals surface area contributed by atoms with Crippen LogP contribution >= 0.6 is 0 Å². The number of piperidine rings is 2. The van der Waals surface area contributed by atoms with Crippen molar-refractivity contribution in [3.8, 4) is 0 Å². The highest BCUT2D eigenvalue weighted by molar-refractivity contribution is 6.01. The Morgan fingerprint density at radius 3 is 2.34 bits per heavy atom. The van der Waals surface area contributed by atoms with E-state index in [0.29, 0.717) is 19.3 Å². The smallest absolute Gasteiger partial charge is 0.303 e. The molecule has 0 saturated carbocycles. The molecule has 7 nitrogen and oxygen atoms in total. The fourth-order valence-corrected chi connectivity index (χ4v) is 4.50. The number of carbonyl (C=O) groups is 3. The molecule has 1 unspecified atom stereocenters. The van der Waals surface area contributed by atoms with E-state index in [9.17, 15) is 23.2 Å². The van der Waals surface area contributed by atoms with Crippen LogP contribution in [-0.2, 0) is 14.4 Å². The van der Waals surface area contributed by atoms with E-state index in [1.54, 1.807) is 0 Å². The van der Waals surface area contributed by atoms with Gasteiger partial charge in [-0.15, -0.1) is 0 Å². The number of carbonyl (C=O) groups excluding carboxylic acids is 2. The average Bonchev–Trinajstić information content (AvgIpc) is 2.73. The molecule has 2 amide bonds. The minimum absolute atomic E-state index is 0.104. The third-order valence-electron chi connectivity index (χ3n) is 6.27. The molecule has 3 rings (SSSR count). The maximum Gasteiger partial charge on any atom is 0.303 e. The Morgan fingerprint density at radius 2 is 1.72 bits per heavy atom. The number of nitrogens with one attached hydrogen (secondary N) is 2. The summed E-state index contributed by atoms with van der Waals surface area (Å²) >= 11 is 0. The Kier molecular flexibility index (Phi) is 8.55. The lowest BCUT2D eigenvalue weighted by molar-refractivity contribution is -0.137. The molecule has 1 aromatic carbocycles. The summed E-state index contributed by atoms with van der Waals surface area (Å²) in [7, 11) is 0. The highest BCUT2D eigenvalue weighted by Gasteiger charge is 2.29. The topological polar surface area (TPSA) is 98.7 Å². The molecule has 2 aliphatic heterocycles. The van der Waals surface area contributed by atoms with Gasteiger partial charge in [0.05, 0.1) is 0 Å². The van der Waals surface area contributed by atoms with Crippen LogP contribution in [0.1, 0.15) is 69.3 Å². The van der Waals surface area contributed by atoms with Gasteiger partial charge < -0.3 is 15.3 Å². The molecule has 0 spiro atoms. The molecular formula is C23H31F2N3O4. The number of likely N-dealkylation sites (tertiary alicyclic amines) is 1. The number of imide groups is 1. The van der Waals surface area contributed by atoms with Crippen molar-refractivity contribution < 1.29 is 28.3 Å². The van der Waals surface area contributed by atoms with Crippen LogP contribution in [0.2, 0.25) is 0 Å². The van der Waals surface area contributed by atoms with Gasteiger partial charge in [0.25, 0.3) is 0 Å². The highest BCUT2D eigenvalue weighted by atomic mass is 19.1. The Bertz CT molecular complexity index is 818. The number of carboxylic acid groups (broad SMARTS) is 1. The van der Waals surface area contributed by atoms with Crippen LogP contribution in [0.5, 0.6) is 0 Å². The van der Waals surface area contributed by atoms with E-state index >= 15 is 0 Å². The van der Waals surface area contributed by atoms with Crippen LogP contribution in [0, 0.1) is 11.6 Å². The van der Waals surface area contributed by atoms with Crippen molar-refractivity contribution in [3.05, 3.63) is 29.3 Å². The van der Waals surface area contributed by atoms with Gasteiger partial charge in [0.2, 0.25) is 11.8 Å². The van der Waals surface area contributed by atoms with Gasteiger partial charge in [0, 0.05) is 24.1 Å². The minimum Gasteiger partial charge on any atom is -0.481 e. The maximum absolute atomic E-state index is 14.8. The molecule has 1 atom stereocenters. The van der Waals surface area contributed by atoms with Crippen LogP contribution in [0.25, 0.3) is 0 Å². The summed E-state index contributed by atoms with van der Waals surface area (Å²) in [5.74, 6) is -3.00. The number of nitrogens with zero attached hydrogens (tertiary/aromatic N) is 1. The molecule has 1 aromatic rings.